The first kappa shape index (κ1) is 15.4. The molecule has 3 rings (SSSR count). The van der Waals surface area contributed by atoms with E-state index in [1.165, 1.54) is 4.57 Å². The number of aryl methyl sites for hydroxylation is 1. The van der Waals surface area contributed by atoms with Crippen LogP contribution in [0.3, 0.4) is 0 Å². The number of benzene rings is 2. The molecular formula is C18H15NO3S. The van der Waals surface area contributed by atoms with E-state index in [9.17, 15) is 14.4 Å². The molecular weight excluding hydrogens is 310 g/mol. The maximum Gasteiger partial charge on any atom is 0.315 e. The first-order chi connectivity index (χ1) is 11.0. The van der Waals surface area contributed by atoms with Gasteiger partial charge in [-0.1, -0.05) is 36.0 Å². The van der Waals surface area contributed by atoms with Gasteiger partial charge in [-0.2, -0.15) is 0 Å². The fourth-order valence-corrected chi connectivity index (χ4v) is 3.41. The second-order valence-electron chi connectivity index (χ2n) is 5.34. The van der Waals surface area contributed by atoms with E-state index in [0.29, 0.717) is 27.8 Å². The minimum Gasteiger partial charge on any atom is -0.294 e. The van der Waals surface area contributed by atoms with Crippen LogP contribution in [0.25, 0.3) is 10.2 Å². The van der Waals surface area contributed by atoms with E-state index in [-0.39, 0.29) is 16.6 Å². The van der Waals surface area contributed by atoms with Gasteiger partial charge in [-0.15, -0.1) is 0 Å². The number of ketones is 1. The third kappa shape index (κ3) is 2.75. The second-order valence-corrected chi connectivity index (χ2v) is 6.33. The van der Waals surface area contributed by atoms with Crippen molar-refractivity contribution in [1.29, 1.82) is 0 Å². The molecule has 0 saturated carbocycles. The molecule has 0 N–H and O–H groups in total. The van der Waals surface area contributed by atoms with Gasteiger partial charge in [0.05, 0.1) is 10.2 Å². The van der Waals surface area contributed by atoms with Gasteiger partial charge in [0.15, 0.2) is 5.78 Å². The number of carbonyl (C=O) groups is 2. The summed E-state index contributed by atoms with van der Waals surface area (Å²) in [5, 5.41) is 0. The van der Waals surface area contributed by atoms with Crippen LogP contribution in [0.4, 0.5) is 0 Å². The smallest absolute Gasteiger partial charge is 0.294 e. The fourth-order valence-electron chi connectivity index (χ4n) is 2.50. The normalized spacial score (nSPS) is 10.9. The number of hydrogen-bond acceptors (Lipinski definition) is 4. The molecule has 0 saturated heterocycles. The van der Waals surface area contributed by atoms with Gasteiger partial charge in [-0.05, 0) is 37.3 Å². The molecule has 3 aromatic rings. The summed E-state index contributed by atoms with van der Waals surface area (Å²) in [6, 6.07) is 12.2. The van der Waals surface area contributed by atoms with Crippen LogP contribution in [0, 0.1) is 6.92 Å². The SMILES string of the molecule is CCC(=O)c1ccc2c(c1)sc(=O)n2C(=O)c1cccc(C)c1. The molecule has 1 heterocycles. The van der Waals surface area contributed by atoms with Gasteiger partial charge >= 0.3 is 4.87 Å². The van der Waals surface area contributed by atoms with Gasteiger partial charge in [0, 0.05) is 17.5 Å². The van der Waals surface area contributed by atoms with Crippen LogP contribution in [0.1, 0.15) is 39.6 Å². The third-order valence-electron chi connectivity index (χ3n) is 3.69. The van der Waals surface area contributed by atoms with E-state index in [0.717, 1.165) is 16.9 Å². The summed E-state index contributed by atoms with van der Waals surface area (Å²) in [7, 11) is 0. The predicted octanol–water partition coefficient (Wildman–Crippen LogP) is 3.65. The lowest BCUT2D eigenvalue weighted by molar-refractivity contribution is 0.0961. The van der Waals surface area contributed by atoms with E-state index in [4.69, 9.17) is 0 Å². The Labute approximate surface area is 137 Å². The minimum atomic E-state index is -0.348. The zero-order chi connectivity index (χ0) is 16.6. The lowest BCUT2D eigenvalue weighted by atomic mass is 10.1. The fraction of sp³-hybridized carbons (Fsp3) is 0.167. The topological polar surface area (TPSA) is 56.1 Å². The quantitative estimate of drug-likeness (QED) is 0.691. The number of fused-ring (bicyclic) bond motifs is 1. The highest BCUT2D eigenvalue weighted by molar-refractivity contribution is 7.16. The molecule has 0 fully saturated rings. The van der Waals surface area contributed by atoms with Crippen molar-refractivity contribution in [2.75, 3.05) is 0 Å². The summed E-state index contributed by atoms with van der Waals surface area (Å²) in [5.41, 5.74) is 2.54. The van der Waals surface area contributed by atoms with Crippen LogP contribution < -0.4 is 4.87 Å². The molecule has 4 nitrogen and oxygen atoms in total. The number of nitrogens with zero attached hydrogens (tertiary/aromatic N) is 1. The van der Waals surface area contributed by atoms with Gasteiger partial charge in [-0.25, -0.2) is 4.57 Å². The molecule has 0 amide bonds. The molecule has 23 heavy (non-hydrogen) atoms. The van der Waals surface area contributed by atoms with Crippen LogP contribution in [-0.2, 0) is 0 Å². The third-order valence-corrected chi connectivity index (χ3v) is 4.60. The van der Waals surface area contributed by atoms with Crippen molar-refractivity contribution in [3.05, 3.63) is 68.8 Å². The number of thiazole rings is 1. The Bertz CT molecular complexity index is 981. The van der Waals surface area contributed by atoms with E-state index in [1.54, 1.807) is 43.3 Å². The van der Waals surface area contributed by atoms with Crippen molar-refractivity contribution in [3.63, 3.8) is 0 Å². The molecule has 0 aliphatic carbocycles. The Balaban J connectivity index is 2.15. The maximum atomic E-state index is 12.7. The first-order valence-electron chi connectivity index (χ1n) is 7.31. The van der Waals surface area contributed by atoms with Crippen molar-refractivity contribution < 1.29 is 9.59 Å². The average Bonchev–Trinajstić information content (AvgIpc) is 2.88. The Morgan fingerprint density at radius 3 is 2.57 bits per heavy atom. The summed E-state index contributed by atoms with van der Waals surface area (Å²) in [6.07, 6.45) is 0.406. The van der Waals surface area contributed by atoms with Crippen LogP contribution in [0.15, 0.2) is 47.3 Å². The summed E-state index contributed by atoms with van der Waals surface area (Å²) in [4.78, 5) is 36.4. The van der Waals surface area contributed by atoms with Crippen molar-refractivity contribution in [2.24, 2.45) is 0 Å². The van der Waals surface area contributed by atoms with Crippen molar-refractivity contribution >= 4 is 33.2 Å². The predicted molar refractivity (Wildman–Crippen MR) is 91.6 cm³/mol. The molecule has 5 heteroatoms. The van der Waals surface area contributed by atoms with Crippen LogP contribution in [-0.4, -0.2) is 16.3 Å². The lowest BCUT2D eigenvalue weighted by Gasteiger charge is -2.04. The average molecular weight is 325 g/mol. The molecule has 0 atom stereocenters. The molecule has 1 aromatic heterocycles. The maximum absolute atomic E-state index is 12.7. The second kappa shape index (κ2) is 5.93. The largest absolute Gasteiger partial charge is 0.315 e. The Hall–Kier alpha value is -2.53. The molecule has 0 radical (unpaired) electrons. The Morgan fingerprint density at radius 1 is 1.09 bits per heavy atom. The van der Waals surface area contributed by atoms with Gasteiger partial charge in [-0.3, -0.25) is 14.4 Å². The molecule has 0 aliphatic heterocycles. The van der Waals surface area contributed by atoms with Crippen molar-refractivity contribution in [1.82, 2.24) is 4.57 Å². The Kier molecular flexibility index (Phi) is 3.96. The number of aromatic nitrogens is 1. The summed E-state index contributed by atoms with van der Waals surface area (Å²) < 4.78 is 1.82. The molecule has 116 valence electrons. The Morgan fingerprint density at radius 2 is 1.87 bits per heavy atom. The monoisotopic (exact) mass is 325 g/mol. The zero-order valence-corrected chi connectivity index (χ0v) is 13.6. The molecule has 0 bridgehead atoms. The summed E-state index contributed by atoms with van der Waals surface area (Å²) in [5.74, 6) is -0.330. The summed E-state index contributed by atoms with van der Waals surface area (Å²) >= 11 is 0.982. The number of rotatable bonds is 3. The van der Waals surface area contributed by atoms with E-state index >= 15 is 0 Å². The van der Waals surface area contributed by atoms with Gasteiger partial charge in [0.1, 0.15) is 0 Å². The number of hydrogen-bond donors (Lipinski definition) is 0. The molecule has 2 aromatic carbocycles. The highest BCUT2D eigenvalue weighted by atomic mass is 32.1. The van der Waals surface area contributed by atoms with Gasteiger partial charge < -0.3 is 0 Å². The number of Topliss-reactive ketones (excluding diaryl/α,β-unsaturated/α-hetero) is 1. The highest BCUT2D eigenvalue weighted by Gasteiger charge is 2.17. The van der Waals surface area contributed by atoms with Gasteiger partial charge in [0.25, 0.3) is 5.91 Å². The van der Waals surface area contributed by atoms with Crippen LogP contribution in [0.2, 0.25) is 0 Å². The highest BCUT2D eigenvalue weighted by Crippen LogP contribution is 2.21. The van der Waals surface area contributed by atoms with Crippen LogP contribution in [0.5, 0.6) is 0 Å². The zero-order valence-electron chi connectivity index (χ0n) is 12.8. The van der Waals surface area contributed by atoms with E-state index in [2.05, 4.69) is 0 Å². The lowest BCUT2D eigenvalue weighted by Crippen LogP contribution is -2.22. The van der Waals surface area contributed by atoms with Crippen LogP contribution >= 0.6 is 11.3 Å². The standard InChI is InChI=1S/C18H15NO3S/c1-3-15(20)12-7-8-14-16(10-12)23-18(22)19(14)17(21)13-6-4-5-11(2)9-13/h4-10H,3H2,1-2H3. The molecule has 0 spiro atoms. The van der Waals surface area contributed by atoms with Gasteiger partial charge in [0.2, 0.25) is 0 Å². The summed E-state index contributed by atoms with van der Waals surface area (Å²) in [6.45, 7) is 3.69. The molecule has 0 aliphatic rings. The minimum absolute atomic E-state index is 0.0179. The molecule has 0 unspecified atom stereocenters. The van der Waals surface area contributed by atoms with Crippen molar-refractivity contribution in [3.8, 4) is 0 Å². The number of carbonyl (C=O) groups excluding carboxylic acids is 2. The first-order valence-corrected chi connectivity index (χ1v) is 8.13. The van der Waals surface area contributed by atoms with Crippen molar-refractivity contribution in [2.45, 2.75) is 20.3 Å². The van der Waals surface area contributed by atoms with E-state index in [1.807, 2.05) is 13.0 Å². The van der Waals surface area contributed by atoms with E-state index < -0.39 is 0 Å².